The summed E-state index contributed by atoms with van der Waals surface area (Å²) in [5.74, 6) is 0.526. The zero-order valence-electron chi connectivity index (χ0n) is 12.7. The maximum absolute atomic E-state index is 11.6. The molecule has 2 aromatic rings. The predicted octanol–water partition coefficient (Wildman–Crippen LogP) is 3.42. The van der Waals surface area contributed by atoms with E-state index in [2.05, 4.69) is 20.8 Å². The summed E-state index contributed by atoms with van der Waals surface area (Å²) in [5.41, 5.74) is 1.15. The number of hydrogen-bond acceptors (Lipinski definition) is 7. The number of nitrogens with zero attached hydrogens (tertiary/aromatic N) is 2. The molecule has 1 heterocycles. The van der Waals surface area contributed by atoms with Gasteiger partial charge in [-0.05, 0) is 24.6 Å². The van der Waals surface area contributed by atoms with Crippen LogP contribution in [0.5, 0.6) is 0 Å². The molecule has 0 saturated carbocycles. The van der Waals surface area contributed by atoms with E-state index in [1.54, 1.807) is 18.7 Å². The van der Waals surface area contributed by atoms with Gasteiger partial charge in [0.25, 0.3) is 0 Å². The van der Waals surface area contributed by atoms with Gasteiger partial charge in [0.2, 0.25) is 5.91 Å². The highest BCUT2D eigenvalue weighted by molar-refractivity contribution is 8.03. The summed E-state index contributed by atoms with van der Waals surface area (Å²) in [6, 6.07) is 7.16. The number of benzene rings is 1. The Morgan fingerprint density at radius 2 is 1.83 bits per heavy atom. The number of imide groups is 1. The largest absolute Gasteiger partial charge is 0.338 e. The molecule has 128 valence electrons. The number of amides is 3. The van der Waals surface area contributed by atoms with Gasteiger partial charge in [-0.25, -0.2) is 4.79 Å². The van der Waals surface area contributed by atoms with Crippen LogP contribution in [0.2, 0.25) is 5.02 Å². The van der Waals surface area contributed by atoms with Gasteiger partial charge in [-0.3, -0.25) is 10.1 Å². The summed E-state index contributed by atoms with van der Waals surface area (Å²) in [6.07, 6.45) is 0. The molecule has 24 heavy (non-hydrogen) atoms. The van der Waals surface area contributed by atoms with Crippen LogP contribution in [0, 0.1) is 0 Å². The van der Waals surface area contributed by atoms with Crippen molar-refractivity contribution in [1.29, 1.82) is 0 Å². The van der Waals surface area contributed by atoms with Crippen molar-refractivity contribution >= 4 is 58.4 Å². The van der Waals surface area contributed by atoms with E-state index in [0.717, 1.165) is 15.7 Å². The first-order valence-corrected chi connectivity index (χ1v) is 10.1. The van der Waals surface area contributed by atoms with Crippen molar-refractivity contribution in [3.63, 3.8) is 0 Å². The van der Waals surface area contributed by atoms with Crippen LogP contribution in [0.25, 0.3) is 0 Å². The van der Waals surface area contributed by atoms with E-state index in [4.69, 9.17) is 11.6 Å². The standard InChI is InChI=1S/C14H15ClN4O2S3/c1-2-16-12(21)17-11(20)8-23-14-19-18-13(24-14)22-7-9-3-5-10(15)6-4-9/h3-6H,2,7-8H2,1H3,(H2,16,17,20,21). The fraction of sp³-hybridized carbons (Fsp3) is 0.286. The first-order chi connectivity index (χ1) is 11.6. The molecule has 0 fully saturated rings. The summed E-state index contributed by atoms with van der Waals surface area (Å²) in [5, 5.41) is 13.6. The van der Waals surface area contributed by atoms with Crippen molar-refractivity contribution in [2.24, 2.45) is 0 Å². The highest BCUT2D eigenvalue weighted by Crippen LogP contribution is 2.30. The lowest BCUT2D eigenvalue weighted by molar-refractivity contribution is -0.117. The van der Waals surface area contributed by atoms with Crippen LogP contribution >= 0.6 is 46.5 Å². The third-order valence-electron chi connectivity index (χ3n) is 2.58. The summed E-state index contributed by atoms with van der Waals surface area (Å²) in [7, 11) is 0. The SMILES string of the molecule is CCNC(=O)NC(=O)CSc1nnc(SCc2ccc(Cl)cc2)s1. The van der Waals surface area contributed by atoms with E-state index in [-0.39, 0.29) is 11.7 Å². The van der Waals surface area contributed by atoms with Crippen LogP contribution in [0.3, 0.4) is 0 Å². The lowest BCUT2D eigenvalue weighted by Crippen LogP contribution is -2.40. The molecule has 1 aromatic heterocycles. The molecule has 1 aromatic carbocycles. The zero-order chi connectivity index (χ0) is 17.4. The van der Waals surface area contributed by atoms with Crippen LogP contribution in [-0.2, 0) is 10.5 Å². The third kappa shape index (κ3) is 6.68. The van der Waals surface area contributed by atoms with E-state index >= 15 is 0 Å². The number of aromatic nitrogens is 2. The minimum Gasteiger partial charge on any atom is -0.338 e. The molecule has 0 aliphatic carbocycles. The number of urea groups is 1. The second kappa shape index (κ2) is 9.87. The Balaban J connectivity index is 1.75. The van der Waals surface area contributed by atoms with Crippen LogP contribution in [0.4, 0.5) is 4.79 Å². The predicted molar refractivity (Wildman–Crippen MR) is 98.9 cm³/mol. The summed E-state index contributed by atoms with van der Waals surface area (Å²) in [6.45, 7) is 2.25. The van der Waals surface area contributed by atoms with Crippen LogP contribution in [0.15, 0.2) is 32.9 Å². The van der Waals surface area contributed by atoms with Crippen LogP contribution in [0.1, 0.15) is 12.5 Å². The van der Waals surface area contributed by atoms with Gasteiger partial charge in [-0.1, -0.05) is 58.6 Å². The average molecular weight is 403 g/mol. The number of carbonyl (C=O) groups is 2. The summed E-state index contributed by atoms with van der Waals surface area (Å²) in [4.78, 5) is 22.8. The van der Waals surface area contributed by atoms with Gasteiger partial charge in [0.05, 0.1) is 5.75 Å². The molecule has 0 atom stereocenters. The van der Waals surface area contributed by atoms with E-state index in [9.17, 15) is 9.59 Å². The van der Waals surface area contributed by atoms with E-state index in [1.807, 2.05) is 24.3 Å². The molecule has 0 saturated heterocycles. The first-order valence-electron chi connectivity index (χ1n) is 6.98. The molecule has 0 unspecified atom stereocenters. The van der Waals surface area contributed by atoms with Gasteiger partial charge in [0, 0.05) is 17.3 Å². The molecule has 0 aliphatic heterocycles. The minimum atomic E-state index is -0.487. The number of nitrogens with one attached hydrogen (secondary N) is 2. The van der Waals surface area contributed by atoms with E-state index in [0.29, 0.717) is 15.9 Å². The highest BCUT2D eigenvalue weighted by Gasteiger charge is 2.11. The van der Waals surface area contributed by atoms with E-state index in [1.165, 1.54) is 23.1 Å². The molecule has 3 amide bonds. The molecule has 0 aliphatic rings. The average Bonchev–Trinajstić information content (AvgIpc) is 3.00. The van der Waals surface area contributed by atoms with Crippen molar-refractivity contribution in [3.05, 3.63) is 34.9 Å². The van der Waals surface area contributed by atoms with Crippen molar-refractivity contribution in [2.45, 2.75) is 21.4 Å². The number of halogens is 1. The Labute approximate surface area is 157 Å². The molecule has 6 nitrogen and oxygen atoms in total. The van der Waals surface area contributed by atoms with Gasteiger partial charge in [0.15, 0.2) is 8.68 Å². The highest BCUT2D eigenvalue weighted by atomic mass is 35.5. The van der Waals surface area contributed by atoms with Crippen LogP contribution < -0.4 is 10.6 Å². The normalized spacial score (nSPS) is 10.4. The third-order valence-corrected chi connectivity index (χ3v) is 6.09. The fourth-order valence-electron chi connectivity index (χ4n) is 1.53. The molecular weight excluding hydrogens is 388 g/mol. The Bertz CT molecular complexity index is 694. The molecule has 0 radical (unpaired) electrons. The summed E-state index contributed by atoms with van der Waals surface area (Å²) < 4.78 is 1.52. The smallest absolute Gasteiger partial charge is 0.321 e. The van der Waals surface area contributed by atoms with Gasteiger partial charge in [0.1, 0.15) is 0 Å². The van der Waals surface area contributed by atoms with Gasteiger partial charge >= 0.3 is 6.03 Å². The monoisotopic (exact) mass is 402 g/mol. The van der Waals surface area contributed by atoms with Crippen molar-refractivity contribution in [3.8, 4) is 0 Å². The summed E-state index contributed by atoms with van der Waals surface area (Å²) >= 11 is 10.1. The van der Waals surface area contributed by atoms with Crippen molar-refractivity contribution < 1.29 is 9.59 Å². The van der Waals surface area contributed by atoms with Crippen molar-refractivity contribution in [2.75, 3.05) is 12.3 Å². The number of carbonyl (C=O) groups excluding carboxylic acids is 2. The van der Waals surface area contributed by atoms with Crippen molar-refractivity contribution in [1.82, 2.24) is 20.8 Å². The molecule has 0 spiro atoms. The van der Waals surface area contributed by atoms with Gasteiger partial charge in [-0.2, -0.15) is 0 Å². The Hall–Kier alpha value is -1.29. The topological polar surface area (TPSA) is 84.0 Å². The second-order valence-electron chi connectivity index (χ2n) is 4.45. The molecule has 2 N–H and O–H groups in total. The second-order valence-corrected chi connectivity index (χ2v) is 8.30. The Kier molecular flexibility index (Phi) is 7.83. The Morgan fingerprint density at radius 3 is 2.50 bits per heavy atom. The minimum absolute atomic E-state index is 0.119. The lowest BCUT2D eigenvalue weighted by Gasteiger charge is -2.02. The number of thioether (sulfide) groups is 2. The lowest BCUT2D eigenvalue weighted by atomic mass is 10.2. The molecular formula is C14H15ClN4O2S3. The number of hydrogen-bond donors (Lipinski definition) is 2. The van der Waals surface area contributed by atoms with Gasteiger partial charge in [-0.15, -0.1) is 10.2 Å². The number of rotatable bonds is 7. The zero-order valence-corrected chi connectivity index (χ0v) is 15.9. The maximum atomic E-state index is 11.6. The molecule has 2 rings (SSSR count). The quantitative estimate of drug-likeness (QED) is 0.690. The molecule has 10 heteroatoms. The fourth-order valence-corrected chi connectivity index (χ4v) is 4.44. The molecule has 0 bridgehead atoms. The van der Waals surface area contributed by atoms with Gasteiger partial charge < -0.3 is 5.32 Å². The van der Waals surface area contributed by atoms with E-state index < -0.39 is 6.03 Å². The first kappa shape index (κ1) is 19.0. The van der Waals surface area contributed by atoms with Crippen LogP contribution in [-0.4, -0.2) is 34.4 Å². The Morgan fingerprint density at radius 1 is 1.17 bits per heavy atom. The maximum Gasteiger partial charge on any atom is 0.321 e.